The number of hydrogen-bond donors (Lipinski definition) is 0. The van der Waals surface area contributed by atoms with Crippen LogP contribution >= 0.6 is 0 Å². The summed E-state index contributed by atoms with van der Waals surface area (Å²) in [5, 5.41) is 8.92. The number of sulfonamides is 1. The molecule has 1 aliphatic rings. The Balaban J connectivity index is 1.33. The highest BCUT2D eigenvalue weighted by Gasteiger charge is 2.33. The molecule has 1 fully saturated rings. The molecule has 1 heterocycles. The van der Waals surface area contributed by atoms with Crippen molar-refractivity contribution in [2.75, 3.05) is 19.7 Å². The van der Waals surface area contributed by atoms with Crippen LogP contribution in [-0.4, -0.2) is 38.4 Å². The van der Waals surface area contributed by atoms with Crippen molar-refractivity contribution in [3.05, 3.63) is 78.4 Å². The van der Waals surface area contributed by atoms with Gasteiger partial charge in [0.1, 0.15) is 11.5 Å². The number of carbonyl (C=O) groups excluding carboxylic acids is 1. The predicted molar refractivity (Wildman–Crippen MR) is 131 cm³/mol. The van der Waals surface area contributed by atoms with Crippen LogP contribution in [-0.2, 0) is 14.8 Å². The van der Waals surface area contributed by atoms with Crippen LogP contribution in [0.15, 0.2) is 77.7 Å². The van der Waals surface area contributed by atoms with E-state index in [1.165, 1.54) is 4.31 Å². The van der Waals surface area contributed by atoms with Gasteiger partial charge in [-0.25, -0.2) is 8.42 Å². The number of carbonyl (C=O) groups is 1. The van der Waals surface area contributed by atoms with Crippen LogP contribution in [0.2, 0.25) is 0 Å². The number of nitriles is 1. The normalized spacial score (nSPS) is 14.7. The van der Waals surface area contributed by atoms with Gasteiger partial charge in [-0.15, -0.1) is 0 Å². The van der Waals surface area contributed by atoms with Gasteiger partial charge in [0.2, 0.25) is 10.0 Å². The molecule has 0 bridgehead atoms. The van der Waals surface area contributed by atoms with E-state index in [1.54, 1.807) is 48.5 Å². The number of piperidine rings is 1. The molecule has 8 heteroatoms. The molecular formula is C27H26N2O5S. The summed E-state index contributed by atoms with van der Waals surface area (Å²) in [7, 11) is -3.63. The Morgan fingerprint density at radius 2 is 1.46 bits per heavy atom. The Kier molecular flexibility index (Phi) is 7.49. The number of nitrogens with zero attached hydrogens (tertiary/aromatic N) is 2. The molecule has 0 radical (unpaired) electrons. The Morgan fingerprint density at radius 1 is 0.914 bits per heavy atom. The lowest BCUT2D eigenvalue weighted by Crippen LogP contribution is -2.41. The van der Waals surface area contributed by atoms with E-state index in [1.807, 2.05) is 31.2 Å². The molecule has 180 valence electrons. The standard InChI is InChI=1S/C27H26N2O5S/c1-2-33-24-11-13-26(14-12-24)35(31,32)29-17-15-23(16-18-29)27(30)34-25-9-7-22(8-10-25)21-5-3-20(19-28)4-6-21/h3-14,23H,2,15-18H2,1H3. The van der Waals surface area contributed by atoms with Crippen LogP contribution in [0.25, 0.3) is 11.1 Å². The lowest BCUT2D eigenvalue weighted by Gasteiger charge is -2.30. The maximum atomic E-state index is 13.0. The number of ether oxygens (including phenoxy) is 2. The number of esters is 1. The highest BCUT2D eigenvalue weighted by molar-refractivity contribution is 7.89. The summed E-state index contributed by atoms with van der Waals surface area (Å²) in [5.41, 5.74) is 2.50. The molecule has 3 aromatic carbocycles. The van der Waals surface area contributed by atoms with Crippen molar-refractivity contribution in [1.29, 1.82) is 5.26 Å². The van der Waals surface area contributed by atoms with Crippen LogP contribution in [0.3, 0.4) is 0 Å². The van der Waals surface area contributed by atoms with Crippen molar-refractivity contribution in [2.45, 2.75) is 24.7 Å². The predicted octanol–water partition coefficient (Wildman–Crippen LogP) is 4.63. The molecule has 3 aromatic rings. The Hall–Kier alpha value is -3.67. The zero-order valence-corrected chi connectivity index (χ0v) is 20.2. The topological polar surface area (TPSA) is 96.7 Å². The molecule has 0 unspecified atom stereocenters. The fourth-order valence-electron chi connectivity index (χ4n) is 4.01. The molecule has 0 saturated carbocycles. The Morgan fingerprint density at radius 3 is 2.00 bits per heavy atom. The quantitative estimate of drug-likeness (QED) is 0.354. The van der Waals surface area contributed by atoms with E-state index in [0.29, 0.717) is 36.5 Å². The van der Waals surface area contributed by atoms with E-state index < -0.39 is 10.0 Å². The monoisotopic (exact) mass is 490 g/mol. The van der Waals surface area contributed by atoms with Gasteiger partial charge in [0.25, 0.3) is 0 Å². The summed E-state index contributed by atoms with van der Waals surface area (Å²) in [6, 6.07) is 22.9. The minimum atomic E-state index is -3.63. The van der Waals surface area contributed by atoms with Gasteiger partial charge in [-0.2, -0.15) is 9.57 Å². The molecular weight excluding hydrogens is 464 g/mol. The van der Waals surface area contributed by atoms with Crippen LogP contribution in [0, 0.1) is 17.2 Å². The summed E-state index contributed by atoms with van der Waals surface area (Å²) >= 11 is 0. The zero-order chi connectivity index (χ0) is 24.8. The number of hydrogen-bond acceptors (Lipinski definition) is 6. The summed E-state index contributed by atoms with van der Waals surface area (Å²) in [4.78, 5) is 12.9. The van der Waals surface area contributed by atoms with Crippen molar-refractivity contribution < 1.29 is 22.7 Å². The lowest BCUT2D eigenvalue weighted by atomic mass is 9.98. The van der Waals surface area contributed by atoms with Crippen molar-refractivity contribution in [3.63, 3.8) is 0 Å². The molecule has 0 aliphatic carbocycles. The maximum absolute atomic E-state index is 13.0. The third kappa shape index (κ3) is 5.70. The van der Waals surface area contributed by atoms with Gasteiger partial charge >= 0.3 is 5.97 Å². The van der Waals surface area contributed by atoms with Gasteiger partial charge in [-0.3, -0.25) is 4.79 Å². The van der Waals surface area contributed by atoms with E-state index in [9.17, 15) is 13.2 Å². The molecule has 35 heavy (non-hydrogen) atoms. The van der Waals surface area contributed by atoms with Gasteiger partial charge in [0.05, 0.1) is 29.1 Å². The smallest absolute Gasteiger partial charge is 0.314 e. The average Bonchev–Trinajstić information content (AvgIpc) is 2.90. The third-order valence-corrected chi connectivity index (χ3v) is 7.89. The van der Waals surface area contributed by atoms with Crippen molar-refractivity contribution >= 4 is 16.0 Å². The first kappa shape index (κ1) is 24.5. The molecule has 7 nitrogen and oxygen atoms in total. The van der Waals surface area contributed by atoms with Crippen LogP contribution in [0.1, 0.15) is 25.3 Å². The van der Waals surface area contributed by atoms with Gasteiger partial charge in [0, 0.05) is 13.1 Å². The summed E-state index contributed by atoms with van der Waals surface area (Å²) < 4.78 is 38.3. The van der Waals surface area contributed by atoms with E-state index in [0.717, 1.165) is 11.1 Å². The summed E-state index contributed by atoms with van der Waals surface area (Å²) in [6.45, 7) is 2.89. The first-order valence-electron chi connectivity index (χ1n) is 11.5. The Bertz CT molecular complexity index is 1300. The highest BCUT2D eigenvalue weighted by atomic mass is 32.2. The van der Waals surface area contributed by atoms with Crippen molar-refractivity contribution in [3.8, 4) is 28.7 Å². The third-order valence-electron chi connectivity index (χ3n) is 5.98. The first-order chi connectivity index (χ1) is 16.9. The summed E-state index contributed by atoms with van der Waals surface area (Å²) in [6.07, 6.45) is 0.802. The molecule has 0 atom stereocenters. The van der Waals surface area contributed by atoms with Gasteiger partial charge in [-0.05, 0) is 79.4 Å². The second-order valence-corrected chi connectivity index (χ2v) is 10.2. The van der Waals surface area contributed by atoms with E-state index in [-0.39, 0.29) is 29.9 Å². The largest absolute Gasteiger partial charge is 0.494 e. The van der Waals surface area contributed by atoms with Crippen LogP contribution in [0.5, 0.6) is 11.5 Å². The van der Waals surface area contributed by atoms with E-state index in [2.05, 4.69) is 6.07 Å². The van der Waals surface area contributed by atoms with Gasteiger partial charge < -0.3 is 9.47 Å². The lowest BCUT2D eigenvalue weighted by molar-refractivity contribution is -0.140. The average molecular weight is 491 g/mol. The fourth-order valence-corrected chi connectivity index (χ4v) is 5.48. The van der Waals surface area contributed by atoms with Crippen LogP contribution < -0.4 is 9.47 Å². The molecule has 1 aliphatic heterocycles. The van der Waals surface area contributed by atoms with Crippen LogP contribution in [0.4, 0.5) is 0 Å². The second kappa shape index (κ2) is 10.7. The minimum Gasteiger partial charge on any atom is -0.494 e. The van der Waals surface area contributed by atoms with E-state index >= 15 is 0 Å². The SMILES string of the molecule is CCOc1ccc(S(=O)(=O)N2CCC(C(=O)Oc3ccc(-c4ccc(C#N)cc4)cc3)CC2)cc1. The van der Waals surface area contributed by atoms with Gasteiger partial charge in [0.15, 0.2) is 0 Å². The number of benzene rings is 3. The van der Waals surface area contributed by atoms with Gasteiger partial charge in [-0.1, -0.05) is 24.3 Å². The first-order valence-corrected chi connectivity index (χ1v) is 12.9. The number of rotatable bonds is 7. The molecule has 0 amide bonds. The van der Waals surface area contributed by atoms with Crippen molar-refractivity contribution in [2.24, 2.45) is 5.92 Å². The maximum Gasteiger partial charge on any atom is 0.314 e. The minimum absolute atomic E-state index is 0.212. The molecule has 0 spiro atoms. The fraction of sp³-hybridized carbons (Fsp3) is 0.259. The second-order valence-electron chi connectivity index (χ2n) is 8.22. The highest BCUT2D eigenvalue weighted by Crippen LogP contribution is 2.27. The van der Waals surface area contributed by atoms with E-state index in [4.69, 9.17) is 14.7 Å². The molecule has 1 saturated heterocycles. The van der Waals surface area contributed by atoms with Crippen molar-refractivity contribution in [1.82, 2.24) is 4.31 Å². The summed E-state index contributed by atoms with van der Waals surface area (Å²) in [5.74, 6) is 0.351. The zero-order valence-electron chi connectivity index (χ0n) is 19.4. The molecule has 0 aromatic heterocycles. The molecule has 0 N–H and O–H groups in total. The molecule has 4 rings (SSSR count). The Labute approximate surface area is 205 Å².